The van der Waals surface area contributed by atoms with Crippen LogP contribution < -0.4 is 10.6 Å². The summed E-state index contributed by atoms with van der Waals surface area (Å²) in [6.07, 6.45) is 1.26. The number of oxazole rings is 1. The normalized spacial score (nSPS) is 20.6. The van der Waals surface area contributed by atoms with Gasteiger partial charge < -0.3 is 9.73 Å². The molecule has 6 nitrogen and oxygen atoms in total. The fourth-order valence-corrected chi connectivity index (χ4v) is 4.24. The number of nitrogens with zero attached hydrogens (tertiary/aromatic N) is 2. The first kappa shape index (κ1) is 18.9. The minimum Gasteiger partial charge on any atom is -0.423 e. The molecule has 152 valence electrons. The second kappa shape index (κ2) is 6.99. The predicted molar refractivity (Wildman–Crippen MR) is 117 cm³/mol. The third kappa shape index (κ3) is 3.48. The number of carbonyl (C=O) groups is 1. The largest absolute Gasteiger partial charge is 0.423 e. The average Bonchev–Trinajstić information content (AvgIpc) is 3.09. The number of nitrogens with one attached hydrogen (secondary N) is 2. The summed E-state index contributed by atoms with van der Waals surface area (Å²) >= 11 is 6.07. The number of benzene rings is 2. The molecule has 1 atom stereocenters. The zero-order valence-corrected chi connectivity index (χ0v) is 17.5. The van der Waals surface area contributed by atoms with Crippen molar-refractivity contribution in [2.24, 2.45) is 10.4 Å². The molecule has 2 aliphatic rings. The number of rotatable bonds is 2. The lowest BCUT2D eigenvalue weighted by molar-refractivity contribution is -0.118. The zero-order chi connectivity index (χ0) is 20.9. The van der Waals surface area contributed by atoms with E-state index in [-0.39, 0.29) is 11.2 Å². The Hall–Kier alpha value is -3.12. The highest BCUT2D eigenvalue weighted by atomic mass is 35.5. The van der Waals surface area contributed by atoms with Crippen LogP contribution in [0.25, 0.3) is 11.1 Å². The number of anilines is 1. The Kier molecular flexibility index (Phi) is 4.40. The van der Waals surface area contributed by atoms with Gasteiger partial charge >= 0.3 is 6.01 Å². The number of aliphatic imine (C=N–C) groups is 1. The number of hydrogen-bond donors (Lipinski definition) is 2. The Morgan fingerprint density at radius 1 is 1.13 bits per heavy atom. The summed E-state index contributed by atoms with van der Waals surface area (Å²) in [5.74, 6) is 0.629. The second-order valence-corrected chi connectivity index (χ2v) is 8.94. The molecule has 0 fully saturated rings. The molecule has 2 aromatic carbocycles. The number of carbonyl (C=O) groups excluding carboxylic acids is 1. The minimum atomic E-state index is -0.408. The lowest BCUT2D eigenvalue weighted by Gasteiger charge is -2.37. The molecular weight excluding hydrogens is 400 g/mol. The number of allylic oxidation sites excluding steroid dienone is 1. The summed E-state index contributed by atoms with van der Waals surface area (Å²) in [5, 5.41) is 7.11. The van der Waals surface area contributed by atoms with Crippen LogP contribution in [0.2, 0.25) is 5.02 Å². The first-order chi connectivity index (χ1) is 14.4. The van der Waals surface area contributed by atoms with E-state index < -0.39 is 6.04 Å². The second-order valence-electron chi connectivity index (χ2n) is 8.50. The van der Waals surface area contributed by atoms with Gasteiger partial charge in [0.2, 0.25) is 5.96 Å². The molecule has 1 unspecified atom stereocenters. The molecule has 0 radical (unpaired) electrons. The molecule has 30 heavy (non-hydrogen) atoms. The van der Waals surface area contributed by atoms with Crippen molar-refractivity contribution in [2.75, 3.05) is 5.32 Å². The van der Waals surface area contributed by atoms with Crippen LogP contribution in [0.15, 0.2) is 69.2 Å². The lowest BCUT2D eigenvalue weighted by atomic mass is 9.73. The van der Waals surface area contributed by atoms with Crippen molar-refractivity contribution in [3.8, 4) is 0 Å². The lowest BCUT2D eigenvalue weighted by Crippen LogP contribution is -2.41. The van der Waals surface area contributed by atoms with E-state index in [2.05, 4.69) is 29.5 Å². The van der Waals surface area contributed by atoms with E-state index in [1.54, 1.807) is 0 Å². The SMILES string of the molecule is CC1(C)CC(=O)C2=C(C1)NC(Nc1nc3ccccc3o1)=NC2c1ccc(Cl)cc1. The van der Waals surface area contributed by atoms with E-state index >= 15 is 0 Å². The van der Waals surface area contributed by atoms with Crippen molar-refractivity contribution in [1.82, 2.24) is 10.3 Å². The van der Waals surface area contributed by atoms with Gasteiger partial charge in [-0.15, -0.1) is 0 Å². The number of para-hydroxylation sites is 2. The fraction of sp³-hybridized carbons (Fsp3) is 0.261. The van der Waals surface area contributed by atoms with Crippen LogP contribution in [0.3, 0.4) is 0 Å². The van der Waals surface area contributed by atoms with Crippen LogP contribution in [0.4, 0.5) is 6.01 Å². The van der Waals surface area contributed by atoms with Gasteiger partial charge in [-0.05, 0) is 41.7 Å². The number of halogens is 1. The third-order valence-electron chi connectivity index (χ3n) is 5.43. The molecule has 1 aliphatic carbocycles. The quantitative estimate of drug-likeness (QED) is 0.592. The van der Waals surface area contributed by atoms with Crippen LogP contribution in [0.1, 0.15) is 38.3 Å². The van der Waals surface area contributed by atoms with Crippen LogP contribution in [0.5, 0.6) is 0 Å². The maximum atomic E-state index is 13.0. The first-order valence-electron chi connectivity index (χ1n) is 9.87. The van der Waals surface area contributed by atoms with Crippen molar-refractivity contribution in [2.45, 2.75) is 32.7 Å². The summed E-state index contributed by atoms with van der Waals surface area (Å²) in [6, 6.07) is 15.0. The summed E-state index contributed by atoms with van der Waals surface area (Å²) in [7, 11) is 0. The van der Waals surface area contributed by atoms with Gasteiger partial charge in [-0.25, -0.2) is 4.99 Å². The standard InChI is InChI=1S/C23H21ClN4O2/c1-23(2)11-16-19(17(29)12-23)20(13-7-9-14(24)10-8-13)27-21(25-16)28-22-26-15-5-3-4-6-18(15)30-22/h3-10,20H,11-12H2,1-2H3,(H2,25,26,27,28). The number of aromatic nitrogens is 1. The summed E-state index contributed by atoms with van der Waals surface area (Å²) < 4.78 is 5.78. The molecular formula is C23H21ClN4O2. The summed E-state index contributed by atoms with van der Waals surface area (Å²) in [6.45, 7) is 4.21. The highest BCUT2D eigenvalue weighted by Crippen LogP contribution is 2.43. The Morgan fingerprint density at radius 2 is 1.90 bits per heavy atom. The Labute approximate surface area is 179 Å². The van der Waals surface area contributed by atoms with E-state index in [0.717, 1.165) is 28.8 Å². The molecule has 0 saturated heterocycles. The smallest absolute Gasteiger partial charge is 0.302 e. The van der Waals surface area contributed by atoms with Crippen molar-refractivity contribution < 1.29 is 9.21 Å². The Balaban J connectivity index is 1.54. The molecule has 3 aromatic rings. The number of guanidine groups is 1. The summed E-state index contributed by atoms with van der Waals surface area (Å²) in [4.78, 5) is 22.3. The molecule has 1 aliphatic heterocycles. The highest BCUT2D eigenvalue weighted by molar-refractivity contribution is 6.30. The monoisotopic (exact) mass is 420 g/mol. The van der Waals surface area contributed by atoms with Gasteiger partial charge in [0, 0.05) is 22.7 Å². The van der Waals surface area contributed by atoms with Gasteiger partial charge in [0.1, 0.15) is 11.6 Å². The van der Waals surface area contributed by atoms with E-state index in [1.807, 2.05) is 48.5 Å². The number of Topliss-reactive ketones (excluding diaryl/α,β-unsaturated/α-hetero) is 1. The van der Waals surface area contributed by atoms with Crippen molar-refractivity contribution in [1.29, 1.82) is 0 Å². The maximum absolute atomic E-state index is 13.0. The number of hydrogen-bond acceptors (Lipinski definition) is 6. The van der Waals surface area contributed by atoms with Crippen molar-refractivity contribution >= 4 is 40.5 Å². The first-order valence-corrected chi connectivity index (χ1v) is 10.2. The van der Waals surface area contributed by atoms with Crippen LogP contribution in [0, 0.1) is 5.41 Å². The van der Waals surface area contributed by atoms with Gasteiger partial charge in [0.15, 0.2) is 11.4 Å². The molecule has 0 saturated carbocycles. The van der Waals surface area contributed by atoms with Crippen molar-refractivity contribution in [3.05, 3.63) is 70.4 Å². The van der Waals surface area contributed by atoms with Gasteiger partial charge in [-0.2, -0.15) is 4.98 Å². The molecule has 0 bridgehead atoms. The van der Waals surface area contributed by atoms with E-state index in [9.17, 15) is 4.79 Å². The van der Waals surface area contributed by atoms with Crippen LogP contribution in [-0.4, -0.2) is 16.7 Å². The van der Waals surface area contributed by atoms with Crippen LogP contribution in [-0.2, 0) is 4.79 Å². The molecule has 5 rings (SSSR count). The van der Waals surface area contributed by atoms with E-state index in [4.69, 9.17) is 21.0 Å². The predicted octanol–water partition coefficient (Wildman–Crippen LogP) is 5.24. The Bertz CT molecular complexity index is 1170. The van der Waals surface area contributed by atoms with Crippen molar-refractivity contribution in [3.63, 3.8) is 0 Å². The van der Waals surface area contributed by atoms with E-state index in [0.29, 0.717) is 29.0 Å². The van der Waals surface area contributed by atoms with Gasteiger partial charge in [-0.3, -0.25) is 10.1 Å². The molecule has 2 N–H and O–H groups in total. The molecule has 7 heteroatoms. The minimum absolute atomic E-state index is 0.118. The highest BCUT2D eigenvalue weighted by Gasteiger charge is 2.39. The van der Waals surface area contributed by atoms with Gasteiger partial charge in [0.25, 0.3) is 0 Å². The maximum Gasteiger partial charge on any atom is 0.302 e. The number of ketones is 1. The summed E-state index contributed by atoms with van der Waals surface area (Å²) in [5.41, 5.74) is 3.87. The molecule has 0 spiro atoms. The molecule has 0 amide bonds. The van der Waals surface area contributed by atoms with E-state index in [1.165, 1.54) is 0 Å². The zero-order valence-electron chi connectivity index (χ0n) is 16.7. The third-order valence-corrected chi connectivity index (χ3v) is 5.68. The molecule has 2 heterocycles. The Morgan fingerprint density at radius 3 is 2.67 bits per heavy atom. The van der Waals surface area contributed by atoms with Crippen LogP contribution >= 0.6 is 11.6 Å². The fourth-order valence-electron chi connectivity index (χ4n) is 4.11. The molecule has 1 aromatic heterocycles. The van der Waals surface area contributed by atoms with Gasteiger partial charge in [-0.1, -0.05) is 49.7 Å². The topological polar surface area (TPSA) is 79.5 Å². The van der Waals surface area contributed by atoms with Gasteiger partial charge in [0.05, 0.1) is 0 Å². The average molecular weight is 421 g/mol. The number of fused-ring (bicyclic) bond motifs is 1.